The molecule has 3 aromatic rings. The fourth-order valence-corrected chi connectivity index (χ4v) is 3.72. The number of hydrogen-bond donors (Lipinski definition) is 2. The van der Waals surface area contributed by atoms with Gasteiger partial charge in [0.1, 0.15) is 11.9 Å². The van der Waals surface area contributed by atoms with Crippen LogP contribution in [0.25, 0.3) is 0 Å². The fourth-order valence-electron chi connectivity index (χ4n) is 3.25. The molecule has 31 heavy (non-hydrogen) atoms. The maximum atomic E-state index is 13.2. The lowest BCUT2D eigenvalue weighted by molar-refractivity contribution is -0.127. The molecule has 2 amide bonds. The number of carbonyl (C=O) groups excluding carboxylic acids is 2. The summed E-state index contributed by atoms with van der Waals surface area (Å²) in [4.78, 5) is 25.8. The van der Waals surface area contributed by atoms with E-state index < -0.39 is 12.1 Å². The van der Waals surface area contributed by atoms with E-state index >= 15 is 0 Å². The van der Waals surface area contributed by atoms with Crippen LogP contribution in [0.1, 0.15) is 27.7 Å². The van der Waals surface area contributed by atoms with E-state index in [-0.39, 0.29) is 12.5 Å². The van der Waals surface area contributed by atoms with Gasteiger partial charge in [0.2, 0.25) is 0 Å². The number of hydrogen-bond acceptors (Lipinski definition) is 4. The molecule has 0 bridgehead atoms. The lowest BCUT2D eigenvalue weighted by Crippen LogP contribution is -2.53. The monoisotopic (exact) mass is 455 g/mol. The van der Waals surface area contributed by atoms with Gasteiger partial charge in [-0.25, -0.2) is 5.01 Å². The lowest BCUT2D eigenvalue weighted by Gasteiger charge is -2.37. The topological polar surface area (TPSA) is 70.7 Å². The molecule has 8 heteroatoms. The average molecular weight is 456 g/mol. The van der Waals surface area contributed by atoms with Crippen molar-refractivity contribution in [3.63, 3.8) is 0 Å². The van der Waals surface area contributed by atoms with E-state index in [4.69, 9.17) is 27.9 Å². The van der Waals surface area contributed by atoms with E-state index in [9.17, 15) is 9.59 Å². The maximum Gasteiger partial charge on any atom is 0.276 e. The third kappa shape index (κ3) is 4.60. The Morgan fingerprint density at radius 1 is 1.10 bits per heavy atom. The summed E-state index contributed by atoms with van der Waals surface area (Å²) in [6.45, 7) is 1.66. The third-order valence-corrected chi connectivity index (χ3v) is 5.35. The predicted molar refractivity (Wildman–Crippen MR) is 120 cm³/mol. The van der Waals surface area contributed by atoms with Crippen molar-refractivity contribution in [1.82, 2.24) is 10.4 Å². The molecule has 0 aliphatic carbocycles. The first-order chi connectivity index (χ1) is 14.9. The molecule has 0 spiro atoms. The van der Waals surface area contributed by atoms with Crippen molar-refractivity contribution < 1.29 is 14.3 Å². The maximum absolute atomic E-state index is 13.2. The number of benzene rings is 3. The van der Waals surface area contributed by atoms with Crippen LogP contribution in [0.15, 0.2) is 66.7 Å². The Balaban J connectivity index is 1.55. The minimum Gasteiger partial charge on any atom is -0.482 e. The van der Waals surface area contributed by atoms with Crippen molar-refractivity contribution in [3.8, 4) is 5.75 Å². The van der Waals surface area contributed by atoms with Gasteiger partial charge >= 0.3 is 0 Å². The smallest absolute Gasteiger partial charge is 0.276 e. The van der Waals surface area contributed by atoms with E-state index in [1.54, 1.807) is 24.3 Å². The van der Waals surface area contributed by atoms with E-state index in [1.807, 2.05) is 43.3 Å². The number of aryl methyl sites for hydroxylation is 1. The fraction of sp³-hybridized carbons (Fsp3) is 0.130. The molecule has 2 N–H and O–H groups in total. The molecule has 6 nitrogen and oxygen atoms in total. The van der Waals surface area contributed by atoms with Gasteiger partial charge in [0.25, 0.3) is 11.8 Å². The number of para-hydroxylation sites is 1. The molecule has 1 heterocycles. The number of fused-ring (bicyclic) bond motifs is 1. The summed E-state index contributed by atoms with van der Waals surface area (Å²) in [6.07, 6.45) is -0.578. The van der Waals surface area contributed by atoms with Crippen LogP contribution in [0, 0.1) is 6.92 Å². The van der Waals surface area contributed by atoms with Gasteiger partial charge in [0, 0.05) is 10.7 Å². The zero-order valence-electron chi connectivity index (χ0n) is 16.6. The summed E-state index contributed by atoms with van der Waals surface area (Å²) in [5.74, 6) is -0.500. The molecule has 1 unspecified atom stereocenters. The van der Waals surface area contributed by atoms with Gasteiger partial charge in [-0.05, 0) is 42.8 Å². The van der Waals surface area contributed by atoms with Crippen molar-refractivity contribution in [2.24, 2.45) is 0 Å². The van der Waals surface area contributed by atoms with Crippen LogP contribution in [0.3, 0.4) is 0 Å². The second-order valence-corrected chi connectivity index (χ2v) is 7.92. The number of ether oxygens (including phenoxy) is 1. The van der Waals surface area contributed by atoms with Crippen LogP contribution in [0.5, 0.6) is 5.75 Å². The number of hydrazine groups is 1. The Bertz CT molecular complexity index is 1140. The summed E-state index contributed by atoms with van der Waals surface area (Å²) >= 11 is 12.0. The van der Waals surface area contributed by atoms with Crippen LogP contribution in [0.2, 0.25) is 10.0 Å². The van der Waals surface area contributed by atoms with Gasteiger partial charge in [0.15, 0.2) is 6.61 Å². The quantitative estimate of drug-likeness (QED) is 0.568. The zero-order valence-corrected chi connectivity index (χ0v) is 18.1. The zero-order chi connectivity index (χ0) is 22.0. The number of nitrogens with one attached hydrogen (secondary N) is 2. The molecule has 1 aliphatic rings. The van der Waals surface area contributed by atoms with Gasteiger partial charge < -0.3 is 10.1 Å². The van der Waals surface area contributed by atoms with Crippen molar-refractivity contribution in [3.05, 3.63) is 93.5 Å². The third-order valence-electron chi connectivity index (χ3n) is 4.82. The average Bonchev–Trinajstić information content (AvgIpc) is 2.75. The lowest BCUT2D eigenvalue weighted by atomic mass is 10.0. The molecule has 4 rings (SSSR count). The van der Waals surface area contributed by atoms with E-state index in [0.717, 1.165) is 11.1 Å². The molecule has 0 fully saturated rings. The largest absolute Gasteiger partial charge is 0.482 e. The summed E-state index contributed by atoms with van der Waals surface area (Å²) in [7, 11) is 0. The number of anilines is 1. The van der Waals surface area contributed by atoms with Gasteiger partial charge in [-0.3, -0.25) is 15.0 Å². The highest BCUT2D eigenvalue weighted by molar-refractivity contribution is 6.35. The first-order valence-corrected chi connectivity index (χ1v) is 10.3. The molecule has 1 atom stereocenters. The molecule has 158 valence electrons. The molecule has 0 aromatic heterocycles. The second-order valence-electron chi connectivity index (χ2n) is 7.08. The number of amides is 2. The van der Waals surface area contributed by atoms with Crippen LogP contribution >= 0.6 is 23.2 Å². The Labute approximate surface area is 189 Å². The standard InChI is InChI=1S/C23H19Cl2N3O3/c1-14-6-8-15(9-7-14)22-26-19-5-3-2-4-17(19)23(30)28(22)27-21(29)13-31-20-11-10-16(24)12-18(20)25/h2-12,22,26H,13H2,1H3,(H,27,29). The van der Waals surface area contributed by atoms with Gasteiger partial charge in [-0.2, -0.15) is 0 Å². The highest BCUT2D eigenvalue weighted by atomic mass is 35.5. The minimum absolute atomic E-state index is 0.294. The summed E-state index contributed by atoms with van der Waals surface area (Å²) < 4.78 is 5.50. The molecule has 0 radical (unpaired) electrons. The van der Waals surface area contributed by atoms with Crippen LogP contribution in [0.4, 0.5) is 5.69 Å². The normalized spacial score (nSPS) is 15.1. The van der Waals surface area contributed by atoms with Crippen molar-refractivity contribution in [2.75, 3.05) is 11.9 Å². The second kappa shape index (κ2) is 8.88. The molecule has 3 aromatic carbocycles. The summed E-state index contributed by atoms with van der Waals surface area (Å²) in [5.41, 5.74) is 5.75. The van der Waals surface area contributed by atoms with Crippen LogP contribution in [-0.4, -0.2) is 23.4 Å². The number of nitrogens with zero attached hydrogens (tertiary/aromatic N) is 1. The van der Waals surface area contributed by atoms with Gasteiger partial charge in [0.05, 0.1) is 10.6 Å². The van der Waals surface area contributed by atoms with E-state index in [0.29, 0.717) is 27.0 Å². The summed E-state index contributed by atoms with van der Waals surface area (Å²) in [5, 5.41) is 5.36. The number of carbonyl (C=O) groups is 2. The molecular formula is C23H19Cl2N3O3. The van der Waals surface area contributed by atoms with Crippen molar-refractivity contribution in [2.45, 2.75) is 13.1 Å². The molecular weight excluding hydrogens is 437 g/mol. The first-order valence-electron chi connectivity index (χ1n) is 9.55. The van der Waals surface area contributed by atoms with E-state index in [2.05, 4.69) is 10.7 Å². The Morgan fingerprint density at radius 2 is 1.84 bits per heavy atom. The Morgan fingerprint density at radius 3 is 2.58 bits per heavy atom. The number of rotatable bonds is 5. The predicted octanol–water partition coefficient (Wildman–Crippen LogP) is 4.98. The minimum atomic E-state index is -0.578. The first kappa shape index (κ1) is 21.0. The molecule has 1 aliphatic heterocycles. The molecule has 0 saturated heterocycles. The SMILES string of the molecule is Cc1ccc(C2Nc3ccccc3C(=O)N2NC(=O)COc2ccc(Cl)cc2Cl)cc1. The van der Waals surface area contributed by atoms with Crippen LogP contribution in [-0.2, 0) is 4.79 Å². The highest BCUT2D eigenvalue weighted by Gasteiger charge is 2.34. The summed E-state index contributed by atoms with van der Waals surface area (Å²) in [6, 6.07) is 19.6. The molecule has 0 saturated carbocycles. The number of halogens is 2. The van der Waals surface area contributed by atoms with Gasteiger partial charge in [-0.1, -0.05) is 65.2 Å². The van der Waals surface area contributed by atoms with E-state index in [1.165, 1.54) is 11.1 Å². The van der Waals surface area contributed by atoms with Gasteiger partial charge in [-0.15, -0.1) is 0 Å². The van der Waals surface area contributed by atoms with Crippen molar-refractivity contribution >= 4 is 40.7 Å². The highest BCUT2D eigenvalue weighted by Crippen LogP contribution is 2.32. The van der Waals surface area contributed by atoms with Crippen molar-refractivity contribution in [1.29, 1.82) is 0 Å². The Hall–Kier alpha value is -3.22. The Kier molecular flexibility index (Phi) is 6.02. The van der Waals surface area contributed by atoms with Crippen LogP contribution < -0.4 is 15.5 Å².